The maximum atomic E-state index is 12.4. The summed E-state index contributed by atoms with van der Waals surface area (Å²) in [6, 6.07) is 10.4. The zero-order valence-corrected chi connectivity index (χ0v) is 15.9. The molecule has 3 amide bonds. The minimum absolute atomic E-state index is 0.00704. The molecule has 0 saturated carbocycles. The van der Waals surface area contributed by atoms with Crippen molar-refractivity contribution in [1.29, 1.82) is 0 Å². The second-order valence-corrected chi connectivity index (χ2v) is 8.00. The van der Waals surface area contributed by atoms with Gasteiger partial charge in [0.1, 0.15) is 5.60 Å². The number of alkyl carbamates (subject to hydrolysis) is 1. The SMILES string of the molecule is O=C1NCC2(CCCN(C(=O)NCCCSCc3ccccc3)CC2)O1. The average molecular weight is 378 g/mol. The van der Waals surface area contributed by atoms with E-state index in [1.54, 1.807) is 0 Å². The van der Waals surface area contributed by atoms with Gasteiger partial charge >= 0.3 is 12.1 Å². The summed E-state index contributed by atoms with van der Waals surface area (Å²) in [5, 5.41) is 5.75. The highest BCUT2D eigenvalue weighted by Crippen LogP contribution is 2.29. The van der Waals surface area contributed by atoms with Gasteiger partial charge in [0, 0.05) is 31.8 Å². The highest BCUT2D eigenvalue weighted by atomic mass is 32.2. The van der Waals surface area contributed by atoms with E-state index < -0.39 is 5.60 Å². The quantitative estimate of drug-likeness (QED) is 0.748. The summed E-state index contributed by atoms with van der Waals surface area (Å²) in [4.78, 5) is 25.5. The fourth-order valence-corrected chi connectivity index (χ4v) is 4.32. The predicted molar refractivity (Wildman–Crippen MR) is 103 cm³/mol. The van der Waals surface area contributed by atoms with Crippen molar-refractivity contribution < 1.29 is 14.3 Å². The number of carbonyl (C=O) groups is 2. The molecule has 1 aromatic carbocycles. The summed E-state index contributed by atoms with van der Waals surface area (Å²) < 4.78 is 5.45. The first kappa shape index (κ1) is 18.9. The standard InChI is InChI=1S/C19H27N3O3S/c23-17(20-10-5-13-26-14-16-6-2-1-3-7-16)22-11-4-8-19(9-12-22)15-21-18(24)25-19/h1-3,6-7H,4-5,8-15H2,(H,20,23)(H,21,24). The molecule has 2 aliphatic rings. The van der Waals surface area contributed by atoms with E-state index in [1.165, 1.54) is 5.56 Å². The lowest BCUT2D eigenvalue weighted by Crippen LogP contribution is -2.42. The first-order valence-electron chi connectivity index (χ1n) is 9.28. The van der Waals surface area contributed by atoms with E-state index in [0.717, 1.165) is 30.8 Å². The van der Waals surface area contributed by atoms with E-state index in [1.807, 2.05) is 22.7 Å². The Morgan fingerprint density at radius 2 is 2.12 bits per heavy atom. The summed E-state index contributed by atoms with van der Waals surface area (Å²) in [7, 11) is 0. The molecule has 26 heavy (non-hydrogen) atoms. The molecule has 0 aliphatic carbocycles. The van der Waals surface area contributed by atoms with Crippen LogP contribution in [0.25, 0.3) is 0 Å². The molecule has 0 aromatic heterocycles. The molecule has 2 fully saturated rings. The molecular weight excluding hydrogens is 350 g/mol. The van der Waals surface area contributed by atoms with Crippen LogP contribution in [-0.2, 0) is 10.5 Å². The fourth-order valence-electron chi connectivity index (χ4n) is 3.40. The van der Waals surface area contributed by atoms with Gasteiger partial charge in [0.05, 0.1) is 6.54 Å². The zero-order valence-electron chi connectivity index (χ0n) is 15.0. The molecule has 1 atom stereocenters. The lowest BCUT2D eigenvalue weighted by molar-refractivity contribution is 0.0453. The summed E-state index contributed by atoms with van der Waals surface area (Å²) in [6.07, 6.45) is 2.99. The van der Waals surface area contributed by atoms with Crippen molar-refractivity contribution >= 4 is 23.9 Å². The normalized spacial score (nSPS) is 22.6. The fraction of sp³-hybridized carbons (Fsp3) is 0.579. The Balaban J connectivity index is 1.30. The van der Waals surface area contributed by atoms with E-state index in [0.29, 0.717) is 32.6 Å². The number of thioether (sulfide) groups is 1. The average Bonchev–Trinajstić information content (AvgIpc) is 2.89. The van der Waals surface area contributed by atoms with Gasteiger partial charge in [0.15, 0.2) is 0 Å². The van der Waals surface area contributed by atoms with Crippen molar-refractivity contribution in [2.24, 2.45) is 0 Å². The van der Waals surface area contributed by atoms with E-state index in [4.69, 9.17) is 4.74 Å². The van der Waals surface area contributed by atoms with Crippen LogP contribution in [0, 0.1) is 0 Å². The Morgan fingerprint density at radius 1 is 1.27 bits per heavy atom. The van der Waals surface area contributed by atoms with Crippen LogP contribution in [0.1, 0.15) is 31.2 Å². The molecule has 2 saturated heterocycles. The largest absolute Gasteiger partial charge is 0.441 e. The van der Waals surface area contributed by atoms with Gasteiger partial charge in [-0.15, -0.1) is 0 Å². The summed E-state index contributed by atoms with van der Waals surface area (Å²) >= 11 is 1.89. The van der Waals surface area contributed by atoms with Crippen LogP contribution in [0.3, 0.4) is 0 Å². The summed E-state index contributed by atoms with van der Waals surface area (Å²) in [6.45, 7) is 2.59. The molecule has 2 heterocycles. The number of nitrogens with one attached hydrogen (secondary N) is 2. The number of benzene rings is 1. The molecule has 0 radical (unpaired) electrons. The van der Waals surface area contributed by atoms with Gasteiger partial charge < -0.3 is 20.3 Å². The lowest BCUT2D eigenvalue weighted by Gasteiger charge is -2.25. The third-order valence-corrected chi connectivity index (χ3v) is 6.02. The minimum Gasteiger partial charge on any atom is -0.441 e. The smallest absolute Gasteiger partial charge is 0.407 e. The molecule has 1 spiro atoms. The molecule has 3 rings (SSSR count). The van der Waals surface area contributed by atoms with E-state index in [2.05, 4.69) is 34.9 Å². The van der Waals surface area contributed by atoms with Crippen molar-refractivity contribution in [1.82, 2.24) is 15.5 Å². The molecule has 1 unspecified atom stereocenters. The Hall–Kier alpha value is -1.89. The number of ether oxygens (including phenoxy) is 1. The molecule has 1 aromatic rings. The van der Waals surface area contributed by atoms with Crippen LogP contribution in [0.4, 0.5) is 9.59 Å². The Morgan fingerprint density at radius 3 is 2.88 bits per heavy atom. The van der Waals surface area contributed by atoms with Gasteiger partial charge in [0.25, 0.3) is 0 Å². The lowest BCUT2D eigenvalue weighted by atomic mass is 9.95. The van der Waals surface area contributed by atoms with Crippen LogP contribution in [-0.4, -0.2) is 54.6 Å². The van der Waals surface area contributed by atoms with Crippen molar-refractivity contribution in [2.75, 3.05) is 31.9 Å². The molecule has 0 bridgehead atoms. The monoisotopic (exact) mass is 377 g/mol. The predicted octanol–water partition coefficient (Wildman–Crippen LogP) is 2.98. The number of carbonyl (C=O) groups excluding carboxylic acids is 2. The number of hydrogen-bond donors (Lipinski definition) is 2. The number of amides is 3. The number of likely N-dealkylation sites (tertiary alicyclic amines) is 1. The van der Waals surface area contributed by atoms with Crippen LogP contribution in [0.2, 0.25) is 0 Å². The molecule has 2 N–H and O–H groups in total. The number of urea groups is 1. The van der Waals surface area contributed by atoms with Gasteiger partial charge in [-0.1, -0.05) is 30.3 Å². The second kappa shape index (κ2) is 9.16. The molecule has 7 heteroatoms. The van der Waals surface area contributed by atoms with Crippen LogP contribution >= 0.6 is 11.8 Å². The van der Waals surface area contributed by atoms with Crippen molar-refractivity contribution in [3.05, 3.63) is 35.9 Å². The molecule has 6 nitrogen and oxygen atoms in total. The van der Waals surface area contributed by atoms with Crippen LogP contribution in [0.5, 0.6) is 0 Å². The Labute approximate surface area is 159 Å². The third kappa shape index (κ3) is 5.30. The second-order valence-electron chi connectivity index (χ2n) is 6.89. The first-order valence-corrected chi connectivity index (χ1v) is 10.4. The van der Waals surface area contributed by atoms with Gasteiger partial charge in [-0.25, -0.2) is 9.59 Å². The van der Waals surface area contributed by atoms with Crippen molar-refractivity contribution in [3.8, 4) is 0 Å². The van der Waals surface area contributed by atoms with Gasteiger partial charge in [-0.2, -0.15) is 11.8 Å². The highest BCUT2D eigenvalue weighted by molar-refractivity contribution is 7.98. The Kier molecular flexibility index (Phi) is 6.66. The number of rotatable bonds is 6. The van der Waals surface area contributed by atoms with E-state index >= 15 is 0 Å². The van der Waals surface area contributed by atoms with Crippen LogP contribution < -0.4 is 10.6 Å². The number of nitrogens with zero attached hydrogens (tertiary/aromatic N) is 1. The van der Waals surface area contributed by atoms with Crippen molar-refractivity contribution in [3.63, 3.8) is 0 Å². The topological polar surface area (TPSA) is 70.7 Å². The van der Waals surface area contributed by atoms with Gasteiger partial charge in [-0.05, 0) is 30.6 Å². The van der Waals surface area contributed by atoms with Crippen LogP contribution in [0.15, 0.2) is 30.3 Å². The maximum absolute atomic E-state index is 12.4. The molecule has 2 aliphatic heterocycles. The van der Waals surface area contributed by atoms with Gasteiger partial charge in [-0.3, -0.25) is 0 Å². The van der Waals surface area contributed by atoms with E-state index in [-0.39, 0.29) is 12.1 Å². The zero-order chi connectivity index (χ0) is 18.2. The highest BCUT2D eigenvalue weighted by Gasteiger charge is 2.41. The van der Waals surface area contributed by atoms with E-state index in [9.17, 15) is 9.59 Å². The molecule has 142 valence electrons. The third-order valence-electron chi connectivity index (χ3n) is 4.90. The van der Waals surface area contributed by atoms with Gasteiger partial charge in [0.2, 0.25) is 0 Å². The maximum Gasteiger partial charge on any atom is 0.407 e. The first-order chi connectivity index (χ1) is 12.7. The number of hydrogen-bond acceptors (Lipinski definition) is 4. The Bertz CT molecular complexity index is 613. The van der Waals surface area contributed by atoms with Crippen molar-refractivity contribution in [2.45, 2.75) is 37.0 Å². The summed E-state index contributed by atoms with van der Waals surface area (Å²) in [5.74, 6) is 2.04. The minimum atomic E-state index is -0.416. The summed E-state index contributed by atoms with van der Waals surface area (Å²) in [5.41, 5.74) is 0.919. The molecular formula is C19H27N3O3S.